The molecule has 0 amide bonds. The molecule has 0 aliphatic carbocycles. The Labute approximate surface area is 98.4 Å². The second kappa shape index (κ2) is 5.41. The topological polar surface area (TPSA) is 62.5 Å². The number of hydrogen-bond donors (Lipinski definition) is 2. The first-order valence-corrected chi connectivity index (χ1v) is 6.53. The Morgan fingerprint density at radius 3 is 3.19 bits per heavy atom. The lowest BCUT2D eigenvalue weighted by atomic mass is 10.2. The van der Waals surface area contributed by atoms with E-state index < -0.39 is 5.97 Å². The van der Waals surface area contributed by atoms with Gasteiger partial charge in [-0.1, -0.05) is 0 Å². The minimum Gasteiger partial charge on any atom is -0.478 e. The monoisotopic (exact) mass is 241 g/mol. The van der Waals surface area contributed by atoms with E-state index in [4.69, 9.17) is 9.52 Å². The van der Waals surface area contributed by atoms with E-state index in [0.717, 1.165) is 5.75 Å². The second-order valence-corrected chi connectivity index (χ2v) is 5.05. The number of aromatic carboxylic acids is 1. The van der Waals surface area contributed by atoms with Gasteiger partial charge in [-0.25, -0.2) is 4.79 Å². The number of furan rings is 1. The molecule has 2 heterocycles. The maximum Gasteiger partial charge on any atom is 0.338 e. The van der Waals surface area contributed by atoms with Crippen molar-refractivity contribution in [1.82, 2.24) is 5.32 Å². The highest BCUT2D eigenvalue weighted by Crippen LogP contribution is 2.17. The van der Waals surface area contributed by atoms with Crippen LogP contribution >= 0.6 is 11.8 Å². The van der Waals surface area contributed by atoms with Gasteiger partial charge in [-0.3, -0.25) is 0 Å². The third kappa shape index (κ3) is 3.02. The SMILES string of the molecule is O=C(O)c1coc(CNC2CCCSC2)c1. The van der Waals surface area contributed by atoms with Gasteiger partial charge in [0, 0.05) is 11.8 Å². The van der Waals surface area contributed by atoms with Crippen LogP contribution in [-0.4, -0.2) is 28.6 Å². The van der Waals surface area contributed by atoms with Crippen molar-refractivity contribution in [3.63, 3.8) is 0 Å². The zero-order valence-electron chi connectivity index (χ0n) is 8.94. The molecule has 0 saturated carbocycles. The molecule has 1 fully saturated rings. The van der Waals surface area contributed by atoms with E-state index in [0.29, 0.717) is 18.3 Å². The summed E-state index contributed by atoms with van der Waals surface area (Å²) < 4.78 is 5.17. The van der Waals surface area contributed by atoms with Crippen molar-refractivity contribution in [2.75, 3.05) is 11.5 Å². The van der Waals surface area contributed by atoms with Crippen LogP contribution < -0.4 is 5.32 Å². The molecule has 0 aromatic carbocycles. The summed E-state index contributed by atoms with van der Waals surface area (Å²) in [4.78, 5) is 10.6. The largest absolute Gasteiger partial charge is 0.478 e. The third-order valence-corrected chi connectivity index (χ3v) is 3.84. The van der Waals surface area contributed by atoms with Crippen LogP contribution in [0.4, 0.5) is 0 Å². The van der Waals surface area contributed by atoms with Crippen LogP contribution in [0.15, 0.2) is 16.7 Å². The average Bonchev–Trinajstić information content (AvgIpc) is 2.76. The molecule has 2 N–H and O–H groups in total. The highest BCUT2D eigenvalue weighted by atomic mass is 32.2. The lowest BCUT2D eigenvalue weighted by Crippen LogP contribution is -2.33. The van der Waals surface area contributed by atoms with Crippen molar-refractivity contribution >= 4 is 17.7 Å². The van der Waals surface area contributed by atoms with E-state index >= 15 is 0 Å². The molecule has 0 radical (unpaired) electrons. The molecular weight excluding hydrogens is 226 g/mol. The molecule has 16 heavy (non-hydrogen) atoms. The van der Waals surface area contributed by atoms with Crippen LogP contribution in [0.3, 0.4) is 0 Å². The molecule has 0 spiro atoms. The normalized spacial score (nSPS) is 20.9. The van der Waals surface area contributed by atoms with Crippen LogP contribution in [-0.2, 0) is 6.54 Å². The molecule has 0 bridgehead atoms. The summed E-state index contributed by atoms with van der Waals surface area (Å²) in [6.45, 7) is 0.610. The fraction of sp³-hybridized carbons (Fsp3) is 0.545. The highest BCUT2D eigenvalue weighted by molar-refractivity contribution is 7.99. The average molecular weight is 241 g/mol. The van der Waals surface area contributed by atoms with Gasteiger partial charge in [-0.2, -0.15) is 11.8 Å². The van der Waals surface area contributed by atoms with E-state index in [-0.39, 0.29) is 5.56 Å². The van der Waals surface area contributed by atoms with Gasteiger partial charge in [0.25, 0.3) is 0 Å². The number of rotatable bonds is 4. The molecule has 4 nitrogen and oxygen atoms in total. The van der Waals surface area contributed by atoms with E-state index in [1.807, 2.05) is 11.8 Å². The quantitative estimate of drug-likeness (QED) is 0.843. The third-order valence-electron chi connectivity index (χ3n) is 2.63. The maximum atomic E-state index is 10.6. The number of carboxylic acid groups (broad SMARTS) is 1. The van der Waals surface area contributed by atoms with Crippen molar-refractivity contribution in [2.24, 2.45) is 0 Å². The van der Waals surface area contributed by atoms with Crippen LogP contribution in [0.2, 0.25) is 0 Å². The van der Waals surface area contributed by atoms with Crippen LogP contribution in [0.5, 0.6) is 0 Å². The van der Waals surface area contributed by atoms with Gasteiger partial charge in [0.15, 0.2) is 0 Å². The summed E-state index contributed by atoms with van der Waals surface area (Å²) in [5, 5.41) is 12.1. The number of carboxylic acids is 1. The summed E-state index contributed by atoms with van der Waals surface area (Å²) >= 11 is 1.96. The molecule has 1 atom stereocenters. The zero-order valence-corrected chi connectivity index (χ0v) is 9.76. The van der Waals surface area contributed by atoms with E-state index in [9.17, 15) is 4.79 Å². The highest BCUT2D eigenvalue weighted by Gasteiger charge is 2.14. The Morgan fingerprint density at radius 2 is 2.56 bits per heavy atom. The summed E-state index contributed by atoms with van der Waals surface area (Å²) in [5.74, 6) is 2.13. The molecule has 88 valence electrons. The van der Waals surface area contributed by atoms with Gasteiger partial charge in [0.05, 0.1) is 12.1 Å². The predicted molar refractivity (Wildman–Crippen MR) is 62.9 cm³/mol. The first-order chi connectivity index (χ1) is 7.75. The van der Waals surface area contributed by atoms with Crippen LogP contribution in [0.25, 0.3) is 0 Å². The Balaban J connectivity index is 1.81. The van der Waals surface area contributed by atoms with Crippen molar-refractivity contribution in [2.45, 2.75) is 25.4 Å². The van der Waals surface area contributed by atoms with Crippen molar-refractivity contribution in [1.29, 1.82) is 0 Å². The standard InChI is InChI=1S/C11H15NO3S/c13-11(14)8-4-10(15-6-8)5-12-9-2-1-3-16-7-9/h4,6,9,12H,1-3,5,7H2,(H,13,14). The van der Waals surface area contributed by atoms with Gasteiger partial charge in [-0.05, 0) is 24.7 Å². The number of nitrogens with one attached hydrogen (secondary N) is 1. The van der Waals surface area contributed by atoms with E-state index in [1.54, 1.807) is 6.07 Å². The van der Waals surface area contributed by atoms with E-state index in [2.05, 4.69) is 5.32 Å². The minimum absolute atomic E-state index is 0.217. The Morgan fingerprint density at radius 1 is 1.69 bits per heavy atom. The molecular formula is C11H15NO3S. The lowest BCUT2D eigenvalue weighted by Gasteiger charge is -2.21. The smallest absolute Gasteiger partial charge is 0.338 e. The molecule has 5 heteroatoms. The lowest BCUT2D eigenvalue weighted by molar-refractivity contribution is 0.0696. The number of carbonyl (C=O) groups is 1. The van der Waals surface area contributed by atoms with Gasteiger partial charge in [0.2, 0.25) is 0 Å². The number of thioether (sulfide) groups is 1. The summed E-state index contributed by atoms with van der Waals surface area (Å²) in [6.07, 6.45) is 3.73. The fourth-order valence-electron chi connectivity index (χ4n) is 1.73. The van der Waals surface area contributed by atoms with Crippen LogP contribution in [0.1, 0.15) is 29.0 Å². The Kier molecular flexibility index (Phi) is 3.90. The maximum absolute atomic E-state index is 10.6. The van der Waals surface area contributed by atoms with Gasteiger partial charge >= 0.3 is 5.97 Å². The Hall–Kier alpha value is -0.940. The minimum atomic E-state index is -0.941. The van der Waals surface area contributed by atoms with Gasteiger partial charge in [0.1, 0.15) is 12.0 Å². The summed E-state index contributed by atoms with van der Waals surface area (Å²) in [6, 6.07) is 2.10. The van der Waals surface area contributed by atoms with Crippen molar-refractivity contribution < 1.29 is 14.3 Å². The summed E-state index contributed by atoms with van der Waals surface area (Å²) in [7, 11) is 0. The second-order valence-electron chi connectivity index (χ2n) is 3.90. The molecule has 1 saturated heterocycles. The molecule has 1 aromatic rings. The van der Waals surface area contributed by atoms with Crippen molar-refractivity contribution in [3.05, 3.63) is 23.7 Å². The predicted octanol–water partition coefficient (Wildman–Crippen LogP) is 1.96. The molecule has 1 aliphatic rings. The van der Waals surface area contributed by atoms with E-state index in [1.165, 1.54) is 24.9 Å². The molecule has 1 aliphatic heterocycles. The molecule has 2 rings (SSSR count). The molecule has 1 aromatic heterocycles. The fourth-order valence-corrected chi connectivity index (χ4v) is 2.84. The summed E-state index contributed by atoms with van der Waals surface area (Å²) in [5.41, 5.74) is 0.217. The van der Waals surface area contributed by atoms with Crippen LogP contribution in [0, 0.1) is 0 Å². The Bertz CT molecular complexity index is 358. The first-order valence-electron chi connectivity index (χ1n) is 5.37. The van der Waals surface area contributed by atoms with Crippen molar-refractivity contribution in [3.8, 4) is 0 Å². The zero-order chi connectivity index (χ0) is 11.4. The number of hydrogen-bond acceptors (Lipinski definition) is 4. The first kappa shape index (κ1) is 11.5. The molecule has 1 unspecified atom stereocenters. The van der Waals surface area contributed by atoms with Gasteiger partial charge in [-0.15, -0.1) is 0 Å². The van der Waals surface area contributed by atoms with Gasteiger partial charge < -0.3 is 14.8 Å².